The van der Waals surface area contributed by atoms with Crippen molar-refractivity contribution in [1.82, 2.24) is 9.97 Å². The minimum Gasteiger partial charge on any atom is -0.383 e. The van der Waals surface area contributed by atoms with Crippen LogP contribution in [0, 0.1) is 5.82 Å². The first kappa shape index (κ1) is 11.8. The lowest BCUT2D eigenvalue weighted by molar-refractivity contribution is 0.190. The number of hydrogen-bond donors (Lipinski definition) is 1. The van der Waals surface area contributed by atoms with E-state index in [1.165, 1.54) is 6.33 Å². The molecule has 1 heterocycles. The number of ether oxygens (including phenoxy) is 1. The lowest BCUT2D eigenvalue weighted by Crippen LogP contribution is -2.22. The summed E-state index contributed by atoms with van der Waals surface area (Å²) in [6.07, 6.45) is 1.92. The molecule has 5 heteroatoms. The predicted octanol–water partition coefficient (Wildman–Crippen LogP) is 1.62. The second kappa shape index (κ2) is 5.60. The van der Waals surface area contributed by atoms with Crippen molar-refractivity contribution in [3.63, 3.8) is 0 Å². The summed E-state index contributed by atoms with van der Waals surface area (Å²) < 4.78 is 18.6. The van der Waals surface area contributed by atoms with Crippen LogP contribution in [-0.2, 0) is 11.2 Å². The Morgan fingerprint density at radius 1 is 1.53 bits per heavy atom. The molecule has 0 radical (unpaired) electrons. The van der Waals surface area contributed by atoms with E-state index in [0.29, 0.717) is 18.7 Å². The van der Waals surface area contributed by atoms with Crippen molar-refractivity contribution in [2.24, 2.45) is 0 Å². The zero-order chi connectivity index (χ0) is 11.3. The van der Waals surface area contributed by atoms with Gasteiger partial charge in [0.15, 0.2) is 11.6 Å². The van der Waals surface area contributed by atoms with Crippen molar-refractivity contribution in [3.05, 3.63) is 17.8 Å². The van der Waals surface area contributed by atoms with Crippen LogP contribution in [0.25, 0.3) is 0 Å². The molecule has 0 aliphatic carbocycles. The van der Waals surface area contributed by atoms with Crippen LogP contribution in [0.1, 0.15) is 19.5 Å². The van der Waals surface area contributed by atoms with E-state index in [9.17, 15) is 4.39 Å². The molecule has 1 aromatic heterocycles. The van der Waals surface area contributed by atoms with E-state index in [-0.39, 0.29) is 17.7 Å². The lowest BCUT2D eigenvalue weighted by atomic mass is 10.3. The second-order valence-electron chi connectivity index (χ2n) is 3.34. The van der Waals surface area contributed by atoms with Gasteiger partial charge in [0.2, 0.25) is 0 Å². The quantitative estimate of drug-likeness (QED) is 0.807. The molecule has 15 heavy (non-hydrogen) atoms. The van der Waals surface area contributed by atoms with Gasteiger partial charge in [0.25, 0.3) is 0 Å². The molecule has 4 nitrogen and oxygen atoms in total. The van der Waals surface area contributed by atoms with Gasteiger partial charge in [-0.2, -0.15) is 0 Å². The van der Waals surface area contributed by atoms with Gasteiger partial charge in [-0.25, -0.2) is 14.4 Å². The van der Waals surface area contributed by atoms with Gasteiger partial charge < -0.3 is 10.1 Å². The molecule has 0 saturated carbocycles. The molecular formula is C10H16FN3O. The molecule has 1 rings (SSSR count). The molecule has 0 bridgehead atoms. The Morgan fingerprint density at radius 2 is 2.27 bits per heavy atom. The highest BCUT2D eigenvalue weighted by atomic mass is 19.1. The maximum atomic E-state index is 13.6. The number of anilines is 1. The number of nitrogens with zero attached hydrogens (tertiary/aromatic N) is 2. The van der Waals surface area contributed by atoms with Crippen molar-refractivity contribution < 1.29 is 9.13 Å². The first-order valence-electron chi connectivity index (χ1n) is 4.93. The summed E-state index contributed by atoms with van der Waals surface area (Å²) in [7, 11) is 1.60. The first-order valence-corrected chi connectivity index (χ1v) is 4.93. The van der Waals surface area contributed by atoms with Crippen molar-refractivity contribution in [2.75, 3.05) is 19.0 Å². The van der Waals surface area contributed by atoms with Gasteiger partial charge in [-0.1, -0.05) is 6.92 Å². The third-order valence-corrected chi connectivity index (χ3v) is 2.00. The molecule has 1 aromatic rings. The number of rotatable bonds is 5. The molecule has 0 aromatic carbocycles. The van der Waals surface area contributed by atoms with E-state index < -0.39 is 0 Å². The topological polar surface area (TPSA) is 47.0 Å². The summed E-state index contributed by atoms with van der Waals surface area (Å²) in [4.78, 5) is 7.71. The fraction of sp³-hybridized carbons (Fsp3) is 0.600. The largest absolute Gasteiger partial charge is 0.383 e. The van der Waals surface area contributed by atoms with Gasteiger partial charge in [-0.05, 0) is 13.3 Å². The Labute approximate surface area is 88.9 Å². The normalized spacial score (nSPS) is 12.5. The van der Waals surface area contributed by atoms with Crippen molar-refractivity contribution >= 4 is 5.82 Å². The Hall–Kier alpha value is -1.23. The number of nitrogens with one attached hydrogen (secondary N) is 1. The summed E-state index contributed by atoms with van der Waals surface area (Å²) in [6, 6.07) is 0.0177. The van der Waals surface area contributed by atoms with Gasteiger partial charge in [-0.3, -0.25) is 0 Å². The van der Waals surface area contributed by atoms with E-state index in [4.69, 9.17) is 4.74 Å². The van der Waals surface area contributed by atoms with Gasteiger partial charge in [0.1, 0.15) is 6.33 Å². The standard InChI is InChI=1S/C10H16FN3O/c1-4-8-9(11)10(13-6-12-8)14-7(2)5-15-3/h6-7H,4-5H2,1-3H3,(H,12,13,14). The van der Waals surface area contributed by atoms with E-state index >= 15 is 0 Å². The third-order valence-electron chi connectivity index (χ3n) is 2.00. The predicted molar refractivity (Wildman–Crippen MR) is 56.3 cm³/mol. The van der Waals surface area contributed by atoms with Crippen LogP contribution >= 0.6 is 0 Å². The molecule has 0 fully saturated rings. The number of hydrogen-bond acceptors (Lipinski definition) is 4. The highest BCUT2D eigenvalue weighted by Gasteiger charge is 2.11. The Bertz CT molecular complexity index is 320. The number of aromatic nitrogens is 2. The van der Waals surface area contributed by atoms with Crippen molar-refractivity contribution in [2.45, 2.75) is 26.3 Å². The Kier molecular flexibility index (Phi) is 4.42. The van der Waals surface area contributed by atoms with Crippen LogP contribution in [0.3, 0.4) is 0 Å². The van der Waals surface area contributed by atoms with Gasteiger partial charge in [-0.15, -0.1) is 0 Å². The minimum atomic E-state index is -0.372. The Morgan fingerprint density at radius 3 is 2.87 bits per heavy atom. The average Bonchev–Trinajstić information content (AvgIpc) is 2.21. The molecule has 1 N–H and O–H groups in total. The van der Waals surface area contributed by atoms with Crippen molar-refractivity contribution in [1.29, 1.82) is 0 Å². The number of aryl methyl sites for hydroxylation is 1. The van der Waals surface area contributed by atoms with Crippen LogP contribution < -0.4 is 5.32 Å². The average molecular weight is 213 g/mol. The molecule has 0 saturated heterocycles. The second-order valence-corrected chi connectivity index (χ2v) is 3.34. The van der Waals surface area contributed by atoms with E-state index in [0.717, 1.165) is 0 Å². The summed E-state index contributed by atoms with van der Waals surface area (Å²) in [5.74, 6) is -0.130. The van der Waals surface area contributed by atoms with Crippen molar-refractivity contribution in [3.8, 4) is 0 Å². The maximum absolute atomic E-state index is 13.6. The lowest BCUT2D eigenvalue weighted by Gasteiger charge is -2.14. The van der Waals surface area contributed by atoms with Crippen LogP contribution in [0.5, 0.6) is 0 Å². The molecule has 1 atom stereocenters. The summed E-state index contributed by atoms with van der Waals surface area (Å²) in [6.45, 7) is 4.26. The maximum Gasteiger partial charge on any atom is 0.186 e. The molecular weight excluding hydrogens is 197 g/mol. The van der Waals surface area contributed by atoms with E-state index in [1.807, 2.05) is 13.8 Å². The van der Waals surface area contributed by atoms with Crippen LogP contribution in [0.2, 0.25) is 0 Å². The first-order chi connectivity index (χ1) is 7.19. The van der Waals surface area contributed by atoms with Crippen LogP contribution in [0.15, 0.2) is 6.33 Å². The highest BCUT2D eigenvalue weighted by molar-refractivity contribution is 5.38. The van der Waals surface area contributed by atoms with Gasteiger partial charge in [0, 0.05) is 13.2 Å². The zero-order valence-corrected chi connectivity index (χ0v) is 9.25. The van der Waals surface area contributed by atoms with Crippen LogP contribution in [-0.4, -0.2) is 29.7 Å². The van der Waals surface area contributed by atoms with Crippen LogP contribution in [0.4, 0.5) is 10.2 Å². The van der Waals surface area contributed by atoms with E-state index in [1.54, 1.807) is 7.11 Å². The third kappa shape index (κ3) is 3.13. The fourth-order valence-electron chi connectivity index (χ4n) is 1.28. The highest BCUT2D eigenvalue weighted by Crippen LogP contribution is 2.13. The molecule has 0 aliphatic rings. The SMILES string of the molecule is CCc1ncnc(NC(C)COC)c1F. The van der Waals surface area contributed by atoms with Gasteiger partial charge in [0.05, 0.1) is 12.3 Å². The molecule has 0 amide bonds. The molecule has 0 spiro atoms. The van der Waals surface area contributed by atoms with E-state index in [2.05, 4.69) is 15.3 Å². The zero-order valence-electron chi connectivity index (χ0n) is 9.25. The molecule has 0 aliphatic heterocycles. The summed E-state index contributed by atoms with van der Waals surface area (Å²) >= 11 is 0. The minimum absolute atomic E-state index is 0.0177. The fourth-order valence-corrected chi connectivity index (χ4v) is 1.28. The number of halogens is 1. The van der Waals surface area contributed by atoms with Gasteiger partial charge >= 0.3 is 0 Å². The number of methoxy groups -OCH3 is 1. The smallest absolute Gasteiger partial charge is 0.186 e. The Balaban J connectivity index is 2.76. The monoisotopic (exact) mass is 213 g/mol. The summed E-state index contributed by atoms with van der Waals surface area (Å²) in [5, 5.41) is 2.93. The summed E-state index contributed by atoms with van der Waals surface area (Å²) in [5.41, 5.74) is 0.428. The molecule has 1 unspecified atom stereocenters. The molecule has 84 valence electrons.